The quantitative estimate of drug-likeness (QED) is 0.696. The SMILES string of the molecule is O=C(OC1CCC2(CC1)CO2)N1CC(CC2CCN(CC(F)F)CC2)C1. The van der Waals surface area contributed by atoms with E-state index in [0.29, 0.717) is 11.8 Å². The lowest BCUT2D eigenvalue weighted by atomic mass is 9.84. The third kappa shape index (κ3) is 4.47. The number of rotatable bonds is 5. The van der Waals surface area contributed by atoms with Crippen LogP contribution in [0.5, 0.6) is 0 Å². The molecule has 0 aromatic heterocycles. The maximum Gasteiger partial charge on any atom is 0.410 e. The molecule has 0 radical (unpaired) electrons. The first kappa shape index (κ1) is 18.4. The Bertz CT molecular complexity index is 491. The second kappa shape index (κ2) is 7.58. The van der Waals surface area contributed by atoms with Crippen molar-refractivity contribution in [2.45, 2.75) is 63.1 Å². The van der Waals surface area contributed by atoms with Gasteiger partial charge in [0.05, 0.1) is 18.8 Å². The van der Waals surface area contributed by atoms with Gasteiger partial charge in [-0.15, -0.1) is 0 Å². The number of carbonyl (C=O) groups is 1. The Balaban J connectivity index is 1.10. The van der Waals surface area contributed by atoms with Crippen molar-refractivity contribution < 1.29 is 23.0 Å². The molecule has 26 heavy (non-hydrogen) atoms. The number of carbonyl (C=O) groups excluding carboxylic acids is 1. The van der Waals surface area contributed by atoms with E-state index in [4.69, 9.17) is 9.47 Å². The summed E-state index contributed by atoms with van der Waals surface area (Å²) in [6, 6.07) is 0. The van der Waals surface area contributed by atoms with Crippen molar-refractivity contribution in [3.63, 3.8) is 0 Å². The molecule has 4 fully saturated rings. The Kier molecular flexibility index (Phi) is 5.37. The topological polar surface area (TPSA) is 45.3 Å². The number of alkyl halides is 2. The van der Waals surface area contributed by atoms with Crippen LogP contribution >= 0.6 is 0 Å². The number of likely N-dealkylation sites (tertiary alicyclic amines) is 2. The van der Waals surface area contributed by atoms with Gasteiger partial charge in [-0.05, 0) is 69.9 Å². The van der Waals surface area contributed by atoms with Crippen LogP contribution < -0.4 is 0 Å². The molecule has 5 nitrogen and oxygen atoms in total. The Morgan fingerprint density at radius 2 is 1.77 bits per heavy atom. The molecule has 1 saturated carbocycles. The van der Waals surface area contributed by atoms with E-state index in [1.807, 2.05) is 9.80 Å². The van der Waals surface area contributed by atoms with Crippen molar-refractivity contribution in [3.8, 4) is 0 Å². The second-order valence-corrected chi connectivity index (χ2v) is 8.70. The van der Waals surface area contributed by atoms with Crippen LogP contribution in [0.15, 0.2) is 0 Å². The van der Waals surface area contributed by atoms with Gasteiger partial charge in [0.25, 0.3) is 6.43 Å². The van der Waals surface area contributed by atoms with Crippen molar-refractivity contribution in [2.75, 3.05) is 39.3 Å². The first-order valence-corrected chi connectivity index (χ1v) is 10.1. The molecular weight excluding hydrogens is 342 g/mol. The van der Waals surface area contributed by atoms with Crippen LogP contribution in [0.3, 0.4) is 0 Å². The average Bonchev–Trinajstić information content (AvgIpc) is 3.33. The molecule has 0 aromatic carbocycles. The minimum Gasteiger partial charge on any atom is -0.446 e. The van der Waals surface area contributed by atoms with E-state index in [-0.39, 0.29) is 24.3 Å². The molecule has 1 spiro atoms. The standard InChI is InChI=1S/C19H30F2N2O3/c20-17(21)12-22-7-3-14(4-8-22)9-15-10-23(11-15)18(24)26-16-1-5-19(6-2-16)13-25-19/h14-17H,1-13H2. The van der Waals surface area contributed by atoms with Crippen LogP contribution in [0, 0.1) is 11.8 Å². The maximum atomic E-state index is 12.4. The molecule has 1 amide bonds. The van der Waals surface area contributed by atoms with E-state index in [1.54, 1.807) is 0 Å². The van der Waals surface area contributed by atoms with Crippen LogP contribution in [0.4, 0.5) is 13.6 Å². The number of piperidine rings is 1. The highest BCUT2D eigenvalue weighted by atomic mass is 19.3. The van der Waals surface area contributed by atoms with E-state index >= 15 is 0 Å². The van der Waals surface area contributed by atoms with Gasteiger partial charge in [0, 0.05) is 13.1 Å². The largest absolute Gasteiger partial charge is 0.446 e. The molecule has 3 heterocycles. The molecule has 0 unspecified atom stereocenters. The number of halogens is 2. The van der Waals surface area contributed by atoms with Gasteiger partial charge in [0.15, 0.2) is 0 Å². The highest BCUT2D eigenvalue weighted by Gasteiger charge is 2.48. The minimum absolute atomic E-state index is 0.0514. The number of amides is 1. The normalized spacial score (nSPS) is 33.5. The van der Waals surface area contributed by atoms with Crippen molar-refractivity contribution in [1.82, 2.24) is 9.80 Å². The minimum atomic E-state index is -2.23. The summed E-state index contributed by atoms with van der Waals surface area (Å²) in [6.45, 7) is 3.92. The molecule has 0 atom stereocenters. The molecule has 7 heteroatoms. The van der Waals surface area contributed by atoms with Gasteiger partial charge in [-0.3, -0.25) is 4.90 Å². The summed E-state index contributed by atoms with van der Waals surface area (Å²) in [4.78, 5) is 15.9. The van der Waals surface area contributed by atoms with Crippen molar-refractivity contribution >= 4 is 6.09 Å². The Hall–Kier alpha value is -0.950. The Morgan fingerprint density at radius 3 is 2.35 bits per heavy atom. The highest BCUT2D eigenvalue weighted by molar-refractivity contribution is 5.68. The van der Waals surface area contributed by atoms with Crippen LogP contribution in [-0.2, 0) is 9.47 Å². The van der Waals surface area contributed by atoms with Gasteiger partial charge in [-0.1, -0.05) is 0 Å². The molecule has 1 aliphatic carbocycles. The monoisotopic (exact) mass is 372 g/mol. The van der Waals surface area contributed by atoms with Crippen molar-refractivity contribution in [1.29, 1.82) is 0 Å². The zero-order valence-electron chi connectivity index (χ0n) is 15.4. The predicted octanol–water partition coefficient (Wildman–Crippen LogP) is 3.13. The summed E-state index contributed by atoms with van der Waals surface area (Å²) in [5.41, 5.74) is 0.135. The predicted molar refractivity (Wildman–Crippen MR) is 92.3 cm³/mol. The van der Waals surface area contributed by atoms with Gasteiger partial charge < -0.3 is 14.4 Å². The van der Waals surface area contributed by atoms with E-state index in [9.17, 15) is 13.6 Å². The molecular formula is C19H30F2N2O3. The number of nitrogens with zero attached hydrogens (tertiary/aromatic N) is 2. The summed E-state index contributed by atoms with van der Waals surface area (Å²) in [7, 11) is 0. The summed E-state index contributed by atoms with van der Waals surface area (Å²) >= 11 is 0. The van der Waals surface area contributed by atoms with E-state index in [2.05, 4.69) is 0 Å². The van der Waals surface area contributed by atoms with E-state index in [1.165, 1.54) is 0 Å². The van der Waals surface area contributed by atoms with Crippen LogP contribution in [0.1, 0.15) is 44.9 Å². The molecule has 3 aliphatic heterocycles. The van der Waals surface area contributed by atoms with Gasteiger partial charge >= 0.3 is 6.09 Å². The first-order chi connectivity index (χ1) is 12.5. The van der Waals surface area contributed by atoms with Gasteiger partial charge in [-0.2, -0.15) is 0 Å². The third-order valence-corrected chi connectivity index (χ3v) is 6.65. The summed E-state index contributed by atoms with van der Waals surface area (Å²) in [5.74, 6) is 1.16. The van der Waals surface area contributed by atoms with Crippen LogP contribution in [0.2, 0.25) is 0 Å². The lowest BCUT2D eigenvalue weighted by molar-refractivity contribution is 0.00115. The molecule has 0 bridgehead atoms. The lowest BCUT2D eigenvalue weighted by Crippen LogP contribution is -2.52. The molecule has 148 valence electrons. The molecule has 4 aliphatic rings. The number of ether oxygens (including phenoxy) is 2. The molecule has 0 N–H and O–H groups in total. The summed E-state index contributed by atoms with van der Waals surface area (Å²) in [5, 5.41) is 0. The zero-order chi connectivity index (χ0) is 18.1. The Morgan fingerprint density at radius 1 is 1.12 bits per heavy atom. The maximum absolute atomic E-state index is 12.4. The fourth-order valence-corrected chi connectivity index (χ4v) is 4.78. The fraction of sp³-hybridized carbons (Fsp3) is 0.947. The highest BCUT2D eigenvalue weighted by Crippen LogP contribution is 2.42. The van der Waals surface area contributed by atoms with Crippen molar-refractivity contribution in [2.24, 2.45) is 11.8 Å². The summed E-state index contributed by atoms with van der Waals surface area (Å²) < 4.78 is 36.0. The van der Waals surface area contributed by atoms with Gasteiger partial charge in [0.1, 0.15) is 6.10 Å². The number of hydrogen-bond donors (Lipinski definition) is 0. The molecule has 4 rings (SSSR count). The first-order valence-electron chi connectivity index (χ1n) is 10.1. The lowest BCUT2D eigenvalue weighted by Gasteiger charge is -2.42. The zero-order valence-corrected chi connectivity index (χ0v) is 15.4. The van der Waals surface area contributed by atoms with E-state index < -0.39 is 6.43 Å². The number of epoxide rings is 1. The van der Waals surface area contributed by atoms with E-state index in [0.717, 1.165) is 77.7 Å². The Labute approximate surface area is 154 Å². The van der Waals surface area contributed by atoms with Gasteiger partial charge in [0.2, 0.25) is 0 Å². The summed E-state index contributed by atoms with van der Waals surface area (Å²) in [6.07, 6.45) is 4.62. The van der Waals surface area contributed by atoms with Crippen LogP contribution in [-0.4, -0.2) is 73.4 Å². The van der Waals surface area contributed by atoms with Crippen LogP contribution in [0.25, 0.3) is 0 Å². The van der Waals surface area contributed by atoms with Crippen molar-refractivity contribution in [3.05, 3.63) is 0 Å². The fourth-order valence-electron chi connectivity index (χ4n) is 4.78. The van der Waals surface area contributed by atoms with Gasteiger partial charge in [-0.25, -0.2) is 13.6 Å². The number of hydrogen-bond acceptors (Lipinski definition) is 4. The third-order valence-electron chi connectivity index (χ3n) is 6.65. The average molecular weight is 372 g/mol. The molecule has 3 saturated heterocycles. The smallest absolute Gasteiger partial charge is 0.410 e. The molecule has 0 aromatic rings. The second-order valence-electron chi connectivity index (χ2n) is 8.70.